The standard InChI is InChI=1S/C16H24N2O3.2ClH/c1-20-13-9-12(10-14(21-2)16(13)19)15(11-3-4-11)18-7-5-17-6-8-18;;/h9-11,15,17,19H,3-8H2,1-2H3;2*1H/t15-;;/m0../s1. The van der Waals surface area contributed by atoms with Gasteiger partial charge in [-0.15, -0.1) is 24.8 Å². The molecule has 1 saturated carbocycles. The molecule has 5 nitrogen and oxygen atoms in total. The summed E-state index contributed by atoms with van der Waals surface area (Å²) < 4.78 is 10.6. The summed E-state index contributed by atoms with van der Waals surface area (Å²) in [5.74, 6) is 1.77. The Morgan fingerprint density at radius 2 is 1.61 bits per heavy atom. The van der Waals surface area contributed by atoms with E-state index < -0.39 is 0 Å². The lowest BCUT2D eigenvalue weighted by Gasteiger charge is -2.35. The summed E-state index contributed by atoms with van der Waals surface area (Å²) in [7, 11) is 3.16. The highest BCUT2D eigenvalue weighted by atomic mass is 35.5. The molecule has 1 aliphatic heterocycles. The van der Waals surface area contributed by atoms with Crippen molar-refractivity contribution in [3.8, 4) is 17.2 Å². The summed E-state index contributed by atoms with van der Waals surface area (Å²) in [6.07, 6.45) is 2.56. The smallest absolute Gasteiger partial charge is 0.200 e. The van der Waals surface area contributed by atoms with Crippen LogP contribution in [0.15, 0.2) is 12.1 Å². The number of phenols is 1. The first-order chi connectivity index (χ1) is 10.2. The average molecular weight is 365 g/mol. The Hall–Kier alpha value is -0.880. The molecule has 1 aromatic rings. The summed E-state index contributed by atoms with van der Waals surface area (Å²) in [5.41, 5.74) is 1.19. The van der Waals surface area contributed by atoms with Gasteiger partial charge in [0.2, 0.25) is 5.75 Å². The molecule has 1 aliphatic carbocycles. The first-order valence-corrected chi connectivity index (χ1v) is 7.64. The molecule has 0 unspecified atom stereocenters. The van der Waals surface area contributed by atoms with Crippen molar-refractivity contribution in [2.45, 2.75) is 18.9 Å². The van der Waals surface area contributed by atoms with Crippen molar-refractivity contribution in [2.75, 3.05) is 40.4 Å². The first kappa shape index (κ1) is 20.2. The van der Waals surface area contributed by atoms with Gasteiger partial charge in [0.05, 0.1) is 14.2 Å². The summed E-state index contributed by atoms with van der Waals surface area (Å²) in [6.45, 7) is 4.20. The third-order valence-corrected chi connectivity index (χ3v) is 4.46. The van der Waals surface area contributed by atoms with E-state index in [1.54, 1.807) is 14.2 Å². The second-order valence-electron chi connectivity index (χ2n) is 5.84. The molecule has 1 aromatic carbocycles. The lowest BCUT2D eigenvalue weighted by atomic mass is 9.98. The molecule has 2 N–H and O–H groups in total. The summed E-state index contributed by atoms with van der Waals surface area (Å²) >= 11 is 0. The van der Waals surface area contributed by atoms with Crippen molar-refractivity contribution in [3.63, 3.8) is 0 Å². The number of hydrogen-bond acceptors (Lipinski definition) is 5. The predicted molar refractivity (Wildman–Crippen MR) is 95.6 cm³/mol. The molecule has 1 atom stereocenters. The summed E-state index contributed by atoms with van der Waals surface area (Å²) in [4.78, 5) is 2.54. The Morgan fingerprint density at radius 3 is 2.04 bits per heavy atom. The molecule has 2 aliphatic rings. The quantitative estimate of drug-likeness (QED) is 0.840. The highest BCUT2D eigenvalue weighted by molar-refractivity contribution is 5.85. The van der Waals surface area contributed by atoms with E-state index in [9.17, 15) is 5.11 Å². The van der Waals surface area contributed by atoms with Crippen LogP contribution in [0.25, 0.3) is 0 Å². The van der Waals surface area contributed by atoms with Gasteiger partial charge in [-0.05, 0) is 36.5 Å². The van der Waals surface area contributed by atoms with Gasteiger partial charge in [0.15, 0.2) is 11.5 Å². The van der Waals surface area contributed by atoms with Crippen LogP contribution in [0.2, 0.25) is 0 Å². The Bertz CT molecular complexity index is 481. The number of aromatic hydroxyl groups is 1. The van der Waals surface area contributed by atoms with E-state index in [1.807, 2.05) is 12.1 Å². The lowest BCUT2D eigenvalue weighted by molar-refractivity contribution is 0.155. The maximum Gasteiger partial charge on any atom is 0.200 e. The van der Waals surface area contributed by atoms with E-state index in [0.717, 1.165) is 26.2 Å². The van der Waals surface area contributed by atoms with E-state index in [2.05, 4.69) is 10.2 Å². The lowest BCUT2D eigenvalue weighted by Crippen LogP contribution is -2.45. The Morgan fingerprint density at radius 1 is 1.09 bits per heavy atom. The predicted octanol–water partition coefficient (Wildman–Crippen LogP) is 2.61. The van der Waals surface area contributed by atoms with Crippen molar-refractivity contribution in [3.05, 3.63) is 17.7 Å². The molecule has 132 valence electrons. The van der Waals surface area contributed by atoms with Crippen LogP contribution in [0.3, 0.4) is 0 Å². The summed E-state index contributed by atoms with van der Waals surface area (Å²) in [5, 5.41) is 13.5. The van der Waals surface area contributed by atoms with Gasteiger partial charge < -0.3 is 19.9 Å². The zero-order valence-corrected chi connectivity index (χ0v) is 15.2. The third kappa shape index (κ3) is 4.35. The van der Waals surface area contributed by atoms with Gasteiger partial charge in [0.1, 0.15) is 0 Å². The minimum Gasteiger partial charge on any atom is -0.502 e. The second-order valence-corrected chi connectivity index (χ2v) is 5.84. The van der Waals surface area contributed by atoms with Gasteiger partial charge in [-0.1, -0.05) is 0 Å². The number of ether oxygens (including phenoxy) is 2. The van der Waals surface area contributed by atoms with Crippen LogP contribution in [-0.2, 0) is 0 Å². The highest BCUT2D eigenvalue weighted by Crippen LogP contribution is 2.48. The van der Waals surface area contributed by atoms with E-state index in [-0.39, 0.29) is 30.6 Å². The van der Waals surface area contributed by atoms with E-state index >= 15 is 0 Å². The number of nitrogens with one attached hydrogen (secondary N) is 1. The zero-order chi connectivity index (χ0) is 14.8. The molecule has 2 fully saturated rings. The molecule has 0 amide bonds. The number of benzene rings is 1. The summed E-state index contributed by atoms with van der Waals surface area (Å²) in [6, 6.07) is 4.32. The fraction of sp³-hybridized carbons (Fsp3) is 0.625. The number of rotatable bonds is 5. The molecule has 0 aromatic heterocycles. The Balaban J connectivity index is 0.00000132. The van der Waals surface area contributed by atoms with Gasteiger partial charge in [0, 0.05) is 32.2 Å². The van der Waals surface area contributed by atoms with Crippen molar-refractivity contribution in [2.24, 2.45) is 5.92 Å². The van der Waals surface area contributed by atoms with Gasteiger partial charge in [-0.25, -0.2) is 0 Å². The fourth-order valence-corrected chi connectivity index (χ4v) is 3.24. The van der Waals surface area contributed by atoms with Crippen LogP contribution < -0.4 is 14.8 Å². The van der Waals surface area contributed by atoms with Crippen LogP contribution in [0.4, 0.5) is 0 Å². The number of piperazine rings is 1. The molecule has 7 heteroatoms. The minimum absolute atomic E-state index is 0. The van der Waals surface area contributed by atoms with Crippen molar-refractivity contribution in [1.82, 2.24) is 10.2 Å². The number of hydrogen-bond donors (Lipinski definition) is 2. The van der Waals surface area contributed by atoms with Gasteiger partial charge in [-0.2, -0.15) is 0 Å². The van der Waals surface area contributed by atoms with Gasteiger partial charge in [-0.3, -0.25) is 4.90 Å². The van der Waals surface area contributed by atoms with Crippen LogP contribution in [0, 0.1) is 5.92 Å². The van der Waals surface area contributed by atoms with Gasteiger partial charge in [0.25, 0.3) is 0 Å². The normalized spacial score (nSPS) is 19.2. The van der Waals surface area contributed by atoms with Crippen molar-refractivity contribution in [1.29, 1.82) is 0 Å². The largest absolute Gasteiger partial charge is 0.502 e. The van der Waals surface area contributed by atoms with Crippen molar-refractivity contribution >= 4 is 24.8 Å². The van der Waals surface area contributed by atoms with Crippen LogP contribution in [0.1, 0.15) is 24.4 Å². The average Bonchev–Trinajstić information content (AvgIpc) is 3.34. The molecule has 0 spiro atoms. The third-order valence-electron chi connectivity index (χ3n) is 4.46. The monoisotopic (exact) mass is 364 g/mol. The number of halogens is 2. The van der Waals surface area contributed by atoms with Crippen LogP contribution in [0.5, 0.6) is 17.2 Å². The zero-order valence-electron chi connectivity index (χ0n) is 13.6. The molecule has 3 rings (SSSR count). The topological polar surface area (TPSA) is 54.0 Å². The Labute approximate surface area is 150 Å². The number of methoxy groups -OCH3 is 2. The minimum atomic E-state index is 0. The highest BCUT2D eigenvalue weighted by Gasteiger charge is 2.37. The van der Waals surface area contributed by atoms with E-state index in [0.29, 0.717) is 23.5 Å². The molecular formula is C16H26Cl2N2O3. The fourth-order valence-electron chi connectivity index (χ4n) is 3.24. The maximum absolute atomic E-state index is 10.1. The second kappa shape index (κ2) is 8.83. The molecule has 0 radical (unpaired) electrons. The molecule has 1 saturated heterocycles. The van der Waals surface area contributed by atoms with E-state index in [4.69, 9.17) is 9.47 Å². The van der Waals surface area contributed by atoms with Gasteiger partial charge >= 0.3 is 0 Å². The van der Waals surface area contributed by atoms with Crippen LogP contribution in [-0.4, -0.2) is 50.4 Å². The molecular weight excluding hydrogens is 339 g/mol. The van der Waals surface area contributed by atoms with E-state index in [1.165, 1.54) is 18.4 Å². The van der Waals surface area contributed by atoms with Crippen LogP contribution >= 0.6 is 24.8 Å². The SMILES string of the molecule is COc1cc([C@H](C2CC2)N2CCNCC2)cc(OC)c1O.Cl.Cl. The number of phenolic OH excluding ortho intramolecular Hbond substituents is 1. The Kier molecular flexibility index (Phi) is 7.74. The maximum atomic E-state index is 10.1. The first-order valence-electron chi connectivity index (χ1n) is 7.64. The van der Waals surface area contributed by atoms with Crippen molar-refractivity contribution < 1.29 is 14.6 Å². The molecule has 0 bridgehead atoms. The molecule has 23 heavy (non-hydrogen) atoms. The molecule has 1 heterocycles. The number of nitrogens with zero attached hydrogens (tertiary/aromatic N) is 1.